The Kier molecular flexibility index (Phi) is 3.00. The average Bonchev–Trinajstić information content (AvgIpc) is 3.09. The zero-order valence-corrected chi connectivity index (χ0v) is 10.3. The van der Waals surface area contributed by atoms with Crippen LogP contribution < -0.4 is 15.2 Å². The summed E-state index contributed by atoms with van der Waals surface area (Å²) in [6, 6.07) is 3.66. The molecule has 2 N–H and O–H groups in total. The quantitative estimate of drug-likeness (QED) is 0.880. The van der Waals surface area contributed by atoms with E-state index in [0.717, 1.165) is 24.2 Å². The van der Waals surface area contributed by atoms with E-state index in [-0.39, 0.29) is 5.41 Å². The van der Waals surface area contributed by atoms with Gasteiger partial charge >= 0.3 is 0 Å². The molecule has 0 spiro atoms. The Morgan fingerprint density at radius 1 is 1.31 bits per heavy atom. The minimum atomic E-state index is -0.00301. The predicted molar refractivity (Wildman–Crippen MR) is 64.5 cm³/mol. The lowest BCUT2D eigenvalue weighted by Gasteiger charge is -2.20. The smallest absolute Gasteiger partial charge is 0.165 e. The maximum absolute atomic E-state index is 6.25. The normalized spacial score (nSPS) is 17.0. The number of hydrogen-bond acceptors (Lipinski definition) is 3. The molecule has 88 valence electrons. The fourth-order valence-corrected chi connectivity index (χ4v) is 2.45. The standard InChI is InChI=1S/C12H16ClNO2/c1-15-9-4-3-8(13)10(11(9)16-2)12(7-14)5-6-12/h3-4H,5-7,14H2,1-2H3. The summed E-state index contributed by atoms with van der Waals surface area (Å²) in [7, 11) is 3.25. The second-order valence-electron chi connectivity index (χ2n) is 4.14. The Labute approximate surface area is 100 Å². The maximum atomic E-state index is 6.25. The highest BCUT2D eigenvalue weighted by atomic mass is 35.5. The van der Waals surface area contributed by atoms with Gasteiger partial charge in [-0.05, 0) is 25.0 Å². The van der Waals surface area contributed by atoms with Gasteiger partial charge in [0.1, 0.15) is 0 Å². The van der Waals surface area contributed by atoms with Gasteiger partial charge in [-0.2, -0.15) is 0 Å². The number of ether oxygens (including phenoxy) is 2. The van der Waals surface area contributed by atoms with E-state index in [1.807, 2.05) is 12.1 Å². The lowest BCUT2D eigenvalue weighted by Crippen LogP contribution is -2.21. The molecular weight excluding hydrogens is 226 g/mol. The highest BCUT2D eigenvalue weighted by Crippen LogP contribution is 2.55. The minimum absolute atomic E-state index is 0.00301. The number of benzene rings is 1. The van der Waals surface area contributed by atoms with Crippen LogP contribution in [-0.4, -0.2) is 20.8 Å². The third-order valence-corrected chi connectivity index (χ3v) is 3.58. The van der Waals surface area contributed by atoms with Crippen molar-refractivity contribution in [2.24, 2.45) is 5.73 Å². The van der Waals surface area contributed by atoms with E-state index in [9.17, 15) is 0 Å². The van der Waals surface area contributed by atoms with Gasteiger partial charge < -0.3 is 15.2 Å². The third-order valence-electron chi connectivity index (χ3n) is 3.27. The summed E-state index contributed by atoms with van der Waals surface area (Å²) in [5.74, 6) is 1.43. The van der Waals surface area contributed by atoms with Gasteiger partial charge in [0, 0.05) is 22.5 Å². The van der Waals surface area contributed by atoms with E-state index in [2.05, 4.69) is 0 Å². The van der Waals surface area contributed by atoms with Crippen LogP contribution in [0.5, 0.6) is 11.5 Å². The van der Waals surface area contributed by atoms with Gasteiger partial charge in [-0.1, -0.05) is 11.6 Å². The molecular formula is C12H16ClNO2. The van der Waals surface area contributed by atoms with Crippen LogP contribution in [0.25, 0.3) is 0 Å². The topological polar surface area (TPSA) is 44.5 Å². The first-order chi connectivity index (χ1) is 7.68. The maximum Gasteiger partial charge on any atom is 0.165 e. The molecule has 4 heteroatoms. The molecule has 1 saturated carbocycles. The first-order valence-electron chi connectivity index (χ1n) is 5.29. The van der Waals surface area contributed by atoms with Crippen molar-refractivity contribution in [3.05, 3.63) is 22.7 Å². The molecule has 1 fully saturated rings. The van der Waals surface area contributed by atoms with E-state index in [1.54, 1.807) is 14.2 Å². The lowest BCUT2D eigenvalue weighted by atomic mass is 9.94. The van der Waals surface area contributed by atoms with Crippen LogP contribution >= 0.6 is 11.6 Å². The molecule has 0 heterocycles. The number of halogens is 1. The van der Waals surface area contributed by atoms with Gasteiger partial charge in [-0.25, -0.2) is 0 Å². The fraction of sp³-hybridized carbons (Fsp3) is 0.500. The zero-order chi connectivity index (χ0) is 11.8. The number of nitrogens with two attached hydrogens (primary N) is 1. The van der Waals surface area contributed by atoms with E-state index in [1.165, 1.54) is 0 Å². The summed E-state index contributed by atoms with van der Waals surface area (Å²) in [4.78, 5) is 0. The van der Waals surface area contributed by atoms with Crippen molar-refractivity contribution < 1.29 is 9.47 Å². The third kappa shape index (κ3) is 1.64. The van der Waals surface area contributed by atoms with E-state index in [0.29, 0.717) is 17.3 Å². The summed E-state index contributed by atoms with van der Waals surface area (Å²) in [6.07, 6.45) is 2.12. The summed E-state index contributed by atoms with van der Waals surface area (Å²) < 4.78 is 10.7. The molecule has 0 radical (unpaired) electrons. The van der Waals surface area contributed by atoms with Crippen molar-refractivity contribution >= 4 is 11.6 Å². The largest absolute Gasteiger partial charge is 0.493 e. The molecule has 0 saturated heterocycles. The van der Waals surface area contributed by atoms with Gasteiger partial charge in [-0.15, -0.1) is 0 Å². The van der Waals surface area contributed by atoms with Crippen molar-refractivity contribution in [1.29, 1.82) is 0 Å². The molecule has 1 aromatic carbocycles. The molecule has 0 unspecified atom stereocenters. The van der Waals surface area contributed by atoms with E-state index >= 15 is 0 Å². The molecule has 16 heavy (non-hydrogen) atoms. The highest BCUT2D eigenvalue weighted by molar-refractivity contribution is 6.31. The van der Waals surface area contributed by atoms with Crippen LogP contribution in [0.3, 0.4) is 0 Å². The molecule has 1 aliphatic carbocycles. The second-order valence-corrected chi connectivity index (χ2v) is 4.55. The number of rotatable bonds is 4. The fourth-order valence-electron chi connectivity index (χ4n) is 2.10. The molecule has 1 aliphatic rings. The van der Waals surface area contributed by atoms with Gasteiger partial charge in [0.05, 0.1) is 14.2 Å². The Balaban J connectivity index is 2.57. The highest BCUT2D eigenvalue weighted by Gasteiger charge is 2.47. The van der Waals surface area contributed by atoms with E-state index in [4.69, 9.17) is 26.8 Å². The van der Waals surface area contributed by atoms with Gasteiger partial charge in [0.25, 0.3) is 0 Å². The zero-order valence-electron chi connectivity index (χ0n) is 9.55. The Morgan fingerprint density at radius 3 is 2.44 bits per heavy atom. The van der Waals surface area contributed by atoms with Gasteiger partial charge in [-0.3, -0.25) is 0 Å². The van der Waals surface area contributed by atoms with Crippen molar-refractivity contribution in [2.45, 2.75) is 18.3 Å². The van der Waals surface area contributed by atoms with Crippen molar-refractivity contribution in [1.82, 2.24) is 0 Å². The predicted octanol–water partition coefficient (Wildman–Crippen LogP) is 2.35. The first-order valence-corrected chi connectivity index (χ1v) is 5.67. The summed E-state index contributed by atoms with van der Waals surface area (Å²) in [5.41, 5.74) is 6.83. The Hall–Kier alpha value is -0.930. The van der Waals surface area contributed by atoms with Crippen LogP contribution in [0.4, 0.5) is 0 Å². The first kappa shape index (κ1) is 11.6. The average molecular weight is 242 g/mol. The molecule has 0 bridgehead atoms. The van der Waals surface area contributed by atoms with Crippen LogP contribution in [0.1, 0.15) is 18.4 Å². The van der Waals surface area contributed by atoms with Crippen LogP contribution in [0, 0.1) is 0 Å². The molecule has 0 aromatic heterocycles. The summed E-state index contributed by atoms with van der Waals surface area (Å²) in [5, 5.41) is 0.709. The monoisotopic (exact) mass is 241 g/mol. The second kappa shape index (κ2) is 4.15. The SMILES string of the molecule is COc1ccc(Cl)c(C2(CN)CC2)c1OC. The molecule has 1 aromatic rings. The van der Waals surface area contributed by atoms with Crippen LogP contribution in [0.15, 0.2) is 12.1 Å². The van der Waals surface area contributed by atoms with Crippen molar-refractivity contribution in [2.75, 3.05) is 20.8 Å². The molecule has 2 rings (SSSR count). The number of methoxy groups -OCH3 is 2. The Bertz CT molecular complexity index is 402. The molecule has 0 amide bonds. The van der Waals surface area contributed by atoms with Crippen LogP contribution in [0.2, 0.25) is 5.02 Å². The number of hydrogen-bond donors (Lipinski definition) is 1. The van der Waals surface area contributed by atoms with Crippen LogP contribution in [-0.2, 0) is 5.41 Å². The van der Waals surface area contributed by atoms with Gasteiger partial charge in [0.2, 0.25) is 0 Å². The molecule has 0 atom stereocenters. The van der Waals surface area contributed by atoms with Gasteiger partial charge in [0.15, 0.2) is 11.5 Å². The minimum Gasteiger partial charge on any atom is -0.493 e. The lowest BCUT2D eigenvalue weighted by molar-refractivity contribution is 0.348. The molecule has 3 nitrogen and oxygen atoms in total. The Morgan fingerprint density at radius 2 is 2.00 bits per heavy atom. The van der Waals surface area contributed by atoms with Crippen molar-refractivity contribution in [3.8, 4) is 11.5 Å². The summed E-state index contributed by atoms with van der Waals surface area (Å²) in [6.45, 7) is 0.593. The summed E-state index contributed by atoms with van der Waals surface area (Å²) >= 11 is 6.25. The molecule has 0 aliphatic heterocycles. The van der Waals surface area contributed by atoms with Crippen molar-refractivity contribution in [3.63, 3.8) is 0 Å². The van der Waals surface area contributed by atoms with E-state index < -0.39 is 0 Å².